The van der Waals surface area contributed by atoms with Gasteiger partial charge in [0.1, 0.15) is 0 Å². The molecule has 1 aromatic carbocycles. The van der Waals surface area contributed by atoms with Crippen molar-refractivity contribution in [2.24, 2.45) is 0 Å². The molecule has 1 rings (SSSR count). The van der Waals surface area contributed by atoms with Crippen LogP contribution in [0.4, 0.5) is 8.78 Å². The topological polar surface area (TPSA) is 18.5 Å². The minimum atomic E-state index is -0.934. The Morgan fingerprint density at radius 2 is 1.94 bits per heavy atom. The van der Waals surface area contributed by atoms with E-state index in [0.717, 1.165) is 12.8 Å². The normalized spacial score (nSPS) is 12.5. The second-order valence-electron chi connectivity index (χ2n) is 4.27. The molecule has 0 aliphatic rings. The first kappa shape index (κ1) is 14.9. The molecule has 0 aliphatic heterocycles. The van der Waals surface area contributed by atoms with Gasteiger partial charge in [-0.1, -0.05) is 19.4 Å². The third-order valence-electron chi connectivity index (χ3n) is 2.82. The number of halogens is 2. The predicted molar refractivity (Wildman–Crippen MR) is 66.9 cm³/mol. The van der Waals surface area contributed by atoms with Crippen molar-refractivity contribution < 1.29 is 18.3 Å². The van der Waals surface area contributed by atoms with Crippen LogP contribution in [0.3, 0.4) is 0 Å². The van der Waals surface area contributed by atoms with Crippen LogP contribution in [0.2, 0.25) is 0 Å². The lowest BCUT2D eigenvalue weighted by molar-refractivity contribution is 0.0616. The third kappa shape index (κ3) is 3.95. The van der Waals surface area contributed by atoms with Crippen molar-refractivity contribution in [1.29, 1.82) is 0 Å². The SMILES string of the molecule is CCCC(C)OCCc1ccc(OC)c(F)c1F. The first-order chi connectivity index (χ1) is 8.60. The van der Waals surface area contributed by atoms with Crippen LogP contribution in [-0.2, 0) is 11.2 Å². The van der Waals surface area contributed by atoms with Gasteiger partial charge in [-0.25, -0.2) is 4.39 Å². The van der Waals surface area contributed by atoms with Crippen molar-refractivity contribution in [3.8, 4) is 5.75 Å². The molecule has 0 bridgehead atoms. The van der Waals surface area contributed by atoms with Crippen molar-refractivity contribution in [3.63, 3.8) is 0 Å². The van der Waals surface area contributed by atoms with E-state index in [0.29, 0.717) is 18.6 Å². The molecule has 0 saturated carbocycles. The number of benzene rings is 1. The van der Waals surface area contributed by atoms with Gasteiger partial charge in [-0.3, -0.25) is 0 Å². The van der Waals surface area contributed by atoms with Crippen LogP contribution in [0.25, 0.3) is 0 Å². The smallest absolute Gasteiger partial charge is 0.200 e. The number of methoxy groups -OCH3 is 1. The highest BCUT2D eigenvalue weighted by Crippen LogP contribution is 2.22. The zero-order valence-electron chi connectivity index (χ0n) is 11.1. The average molecular weight is 258 g/mol. The van der Waals surface area contributed by atoms with Crippen molar-refractivity contribution in [1.82, 2.24) is 0 Å². The summed E-state index contributed by atoms with van der Waals surface area (Å²) >= 11 is 0. The molecular weight excluding hydrogens is 238 g/mol. The van der Waals surface area contributed by atoms with E-state index in [1.54, 1.807) is 0 Å². The fourth-order valence-electron chi connectivity index (χ4n) is 1.78. The first-order valence-electron chi connectivity index (χ1n) is 6.22. The average Bonchev–Trinajstić information content (AvgIpc) is 2.35. The van der Waals surface area contributed by atoms with E-state index in [2.05, 4.69) is 6.92 Å². The molecule has 1 aromatic rings. The van der Waals surface area contributed by atoms with Gasteiger partial charge in [0.2, 0.25) is 5.82 Å². The molecular formula is C14H20F2O2. The molecule has 0 radical (unpaired) electrons. The molecule has 0 N–H and O–H groups in total. The summed E-state index contributed by atoms with van der Waals surface area (Å²) in [6.45, 7) is 4.46. The summed E-state index contributed by atoms with van der Waals surface area (Å²) in [4.78, 5) is 0. The van der Waals surface area contributed by atoms with Crippen LogP contribution in [0, 0.1) is 11.6 Å². The number of rotatable bonds is 7. The van der Waals surface area contributed by atoms with E-state index in [-0.39, 0.29) is 11.9 Å². The van der Waals surface area contributed by atoms with Crippen molar-refractivity contribution in [3.05, 3.63) is 29.3 Å². The Morgan fingerprint density at radius 3 is 2.56 bits per heavy atom. The maximum Gasteiger partial charge on any atom is 0.200 e. The van der Waals surface area contributed by atoms with Crippen molar-refractivity contribution >= 4 is 0 Å². The van der Waals surface area contributed by atoms with Gasteiger partial charge in [0.15, 0.2) is 11.6 Å². The quantitative estimate of drug-likeness (QED) is 0.742. The van der Waals surface area contributed by atoms with Gasteiger partial charge in [-0.05, 0) is 31.4 Å². The number of hydrogen-bond donors (Lipinski definition) is 0. The highest BCUT2D eigenvalue weighted by atomic mass is 19.2. The molecule has 0 aromatic heterocycles. The molecule has 2 nitrogen and oxygen atoms in total. The van der Waals surface area contributed by atoms with Gasteiger partial charge >= 0.3 is 0 Å². The summed E-state index contributed by atoms with van der Waals surface area (Å²) in [5.74, 6) is -1.85. The summed E-state index contributed by atoms with van der Waals surface area (Å²) in [7, 11) is 1.31. The molecule has 0 fully saturated rings. The summed E-state index contributed by atoms with van der Waals surface area (Å²) in [6, 6.07) is 2.97. The largest absolute Gasteiger partial charge is 0.494 e. The molecule has 0 saturated heterocycles. The molecule has 1 atom stereocenters. The Bertz CT molecular complexity index is 380. The van der Waals surface area contributed by atoms with E-state index in [9.17, 15) is 8.78 Å². The molecule has 18 heavy (non-hydrogen) atoms. The van der Waals surface area contributed by atoms with Crippen LogP contribution in [0.5, 0.6) is 5.75 Å². The maximum atomic E-state index is 13.6. The van der Waals surface area contributed by atoms with E-state index in [1.165, 1.54) is 19.2 Å². The maximum absolute atomic E-state index is 13.6. The minimum absolute atomic E-state index is 0.0727. The van der Waals surface area contributed by atoms with Crippen LogP contribution in [0.1, 0.15) is 32.3 Å². The summed E-state index contributed by atoms with van der Waals surface area (Å²) in [6.07, 6.45) is 2.54. The van der Waals surface area contributed by atoms with Crippen LogP contribution in [0.15, 0.2) is 12.1 Å². The molecule has 0 amide bonds. The van der Waals surface area contributed by atoms with Crippen LogP contribution in [-0.4, -0.2) is 19.8 Å². The van der Waals surface area contributed by atoms with Gasteiger partial charge < -0.3 is 9.47 Å². The van der Waals surface area contributed by atoms with Crippen LogP contribution >= 0.6 is 0 Å². The second kappa shape index (κ2) is 7.31. The summed E-state index contributed by atoms with van der Waals surface area (Å²) < 4.78 is 37.3. The standard InChI is InChI=1S/C14H20F2O2/c1-4-5-10(2)18-9-8-11-6-7-12(17-3)14(16)13(11)15/h6-7,10H,4-5,8-9H2,1-3H3. The molecule has 1 unspecified atom stereocenters. The molecule has 0 aliphatic carbocycles. The summed E-state index contributed by atoms with van der Waals surface area (Å²) in [5.41, 5.74) is 0.317. The molecule has 102 valence electrons. The third-order valence-corrected chi connectivity index (χ3v) is 2.82. The Kier molecular flexibility index (Phi) is 6.05. The van der Waals surface area contributed by atoms with Gasteiger partial charge in [0, 0.05) is 0 Å². The fourth-order valence-corrected chi connectivity index (χ4v) is 1.78. The monoisotopic (exact) mass is 258 g/mol. The second-order valence-corrected chi connectivity index (χ2v) is 4.27. The lowest BCUT2D eigenvalue weighted by Crippen LogP contribution is -2.11. The van der Waals surface area contributed by atoms with E-state index in [4.69, 9.17) is 9.47 Å². The Morgan fingerprint density at radius 1 is 1.22 bits per heavy atom. The lowest BCUT2D eigenvalue weighted by atomic mass is 10.1. The van der Waals surface area contributed by atoms with Crippen molar-refractivity contribution in [2.75, 3.05) is 13.7 Å². The van der Waals surface area contributed by atoms with Crippen molar-refractivity contribution in [2.45, 2.75) is 39.2 Å². The van der Waals surface area contributed by atoms with E-state index < -0.39 is 11.6 Å². The molecule has 0 heterocycles. The highest BCUT2D eigenvalue weighted by Gasteiger charge is 2.13. The zero-order chi connectivity index (χ0) is 13.5. The Balaban J connectivity index is 2.55. The predicted octanol–water partition coefficient (Wildman–Crippen LogP) is 3.72. The molecule has 4 heteroatoms. The zero-order valence-corrected chi connectivity index (χ0v) is 11.1. The minimum Gasteiger partial charge on any atom is -0.494 e. The lowest BCUT2D eigenvalue weighted by Gasteiger charge is -2.12. The van der Waals surface area contributed by atoms with Gasteiger partial charge in [0.05, 0.1) is 19.8 Å². The van der Waals surface area contributed by atoms with E-state index >= 15 is 0 Å². The van der Waals surface area contributed by atoms with E-state index in [1.807, 2.05) is 6.92 Å². The highest BCUT2D eigenvalue weighted by molar-refractivity contribution is 5.31. The molecule has 0 spiro atoms. The van der Waals surface area contributed by atoms with Crippen LogP contribution < -0.4 is 4.74 Å². The Hall–Kier alpha value is -1.16. The Labute approximate surface area is 107 Å². The first-order valence-corrected chi connectivity index (χ1v) is 6.22. The number of ether oxygens (including phenoxy) is 2. The fraction of sp³-hybridized carbons (Fsp3) is 0.571. The van der Waals surface area contributed by atoms with Gasteiger partial charge in [-0.2, -0.15) is 4.39 Å². The van der Waals surface area contributed by atoms with Gasteiger partial charge in [-0.15, -0.1) is 0 Å². The number of hydrogen-bond acceptors (Lipinski definition) is 2. The summed E-state index contributed by atoms with van der Waals surface area (Å²) in [5, 5.41) is 0. The van der Waals surface area contributed by atoms with Gasteiger partial charge in [0.25, 0.3) is 0 Å².